The molecule has 0 aromatic heterocycles. The van der Waals surface area contributed by atoms with Gasteiger partial charge in [-0.1, -0.05) is 97.1 Å². The molecule has 41 heavy (non-hydrogen) atoms. The number of Topliss-reactive ketones (excluding diaryl/α,β-unsaturated/α-hetero) is 1. The van der Waals surface area contributed by atoms with Crippen LogP contribution in [0, 0.1) is 0 Å². The maximum atomic E-state index is 13.1. The van der Waals surface area contributed by atoms with Crippen molar-refractivity contribution in [3.63, 3.8) is 0 Å². The lowest BCUT2D eigenvalue weighted by molar-refractivity contribution is 0.0980. The third kappa shape index (κ3) is 7.99. The van der Waals surface area contributed by atoms with Gasteiger partial charge in [0, 0.05) is 18.6 Å². The van der Waals surface area contributed by atoms with Crippen molar-refractivity contribution in [3.05, 3.63) is 155 Å². The molecule has 0 unspecified atom stereocenters. The Labute approximate surface area is 240 Å². The molecule has 0 radical (unpaired) electrons. The summed E-state index contributed by atoms with van der Waals surface area (Å²) >= 11 is 0. The third-order valence-electron chi connectivity index (χ3n) is 6.66. The van der Waals surface area contributed by atoms with E-state index in [9.17, 15) is 9.90 Å². The van der Waals surface area contributed by atoms with Gasteiger partial charge in [0.1, 0.15) is 42.8 Å². The lowest BCUT2D eigenvalue weighted by Gasteiger charge is -2.15. The highest BCUT2D eigenvalue weighted by atomic mass is 16.5. The summed E-state index contributed by atoms with van der Waals surface area (Å²) in [7, 11) is 0. The van der Waals surface area contributed by atoms with Gasteiger partial charge < -0.3 is 19.3 Å². The summed E-state index contributed by atoms with van der Waals surface area (Å²) in [6.07, 6.45) is 0.664. The van der Waals surface area contributed by atoms with Gasteiger partial charge in [0.05, 0.1) is 5.56 Å². The van der Waals surface area contributed by atoms with E-state index in [0.29, 0.717) is 43.5 Å². The van der Waals surface area contributed by atoms with Crippen molar-refractivity contribution in [2.24, 2.45) is 0 Å². The van der Waals surface area contributed by atoms with Crippen molar-refractivity contribution in [1.29, 1.82) is 0 Å². The molecule has 0 aliphatic rings. The van der Waals surface area contributed by atoms with Crippen LogP contribution in [0.2, 0.25) is 0 Å². The van der Waals surface area contributed by atoms with E-state index < -0.39 is 0 Å². The van der Waals surface area contributed by atoms with Crippen LogP contribution in [0.5, 0.6) is 23.0 Å². The van der Waals surface area contributed by atoms with E-state index in [4.69, 9.17) is 14.2 Å². The summed E-state index contributed by atoms with van der Waals surface area (Å²) in [6.45, 7) is 1.22. The predicted octanol–water partition coefficient (Wildman–Crippen LogP) is 7.94. The minimum Gasteiger partial charge on any atom is -0.507 e. The van der Waals surface area contributed by atoms with Gasteiger partial charge in [-0.2, -0.15) is 0 Å². The Morgan fingerprint density at radius 3 is 1.59 bits per heavy atom. The number of rotatable bonds is 13. The number of benzene rings is 5. The number of aromatic hydroxyl groups is 1. The number of phenolic OH excluding ortho intramolecular Hbond substituents is 1. The normalized spacial score (nSPS) is 10.6. The van der Waals surface area contributed by atoms with Gasteiger partial charge in [-0.05, 0) is 46.9 Å². The molecule has 0 heterocycles. The van der Waals surface area contributed by atoms with E-state index >= 15 is 0 Å². The molecule has 0 aliphatic carbocycles. The van der Waals surface area contributed by atoms with Crippen molar-refractivity contribution in [1.82, 2.24) is 0 Å². The highest BCUT2D eigenvalue weighted by Gasteiger charge is 2.15. The van der Waals surface area contributed by atoms with Crippen LogP contribution in [0.15, 0.2) is 127 Å². The first kappa shape index (κ1) is 27.5. The van der Waals surface area contributed by atoms with E-state index in [-0.39, 0.29) is 23.5 Å². The SMILES string of the molecule is O=C(CCc1ccc(OCc2ccccc2)cc1OCc1ccccc1)c1ccc(OCc2ccccc2)cc1O. The number of carbonyl (C=O) groups is 1. The van der Waals surface area contributed by atoms with Crippen LogP contribution in [-0.4, -0.2) is 10.9 Å². The minimum atomic E-state index is -0.157. The zero-order chi connectivity index (χ0) is 28.3. The zero-order valence-electron chi connectivity index (χ0n) is 22.7. The molecule has 5 aromatic rings. The largest absolute Gasteiger partial charge is 0.507 e. The number of ketones is 1. The lowest BCUT2D eigenvalue weighted by Crippen LogP contribution is -2.05. The van der Waals surface area contributed by atoms with Crippen LogP contribution in [-0.2, 0) is 26.2 Å². The Morgan fingerprint density at radius 2 is 1.05 bits per heavy atom. The van der Waals surface area contributed by atoms with Crippen LogP contribution in [0.4, 0.5) is 0 Å². The molecular weight excluding hydrogens is 512 g/mol. The summed E-state index contributed by atoms with van der Waals surface area (Å²) in [5.41, 5.74) is 4.30. The molecule has 5 rings (SSSR count). The summed E-state index contributed by atoms with van der Waals surface area (Å²) < 4.78 is 18.0. The Bertz CT molecular complexity index is 1550. The molecule has 0 saturated carbocycles. The van der Waals surface area contributed by atoms with E-state index in [1.807, 2.05) is 109 Å². The van der Waals surface area contributed by atoms with E-state index in [0.717, 1.165) is 22.3 Å². The van der Waals surface area contributed by atoms with Crippen molar-refractivity contribution in [2.45, 2.75) is 32.7 Å². The molecule has 1 N–H and O–H groups in total. The second kappa shape index (κ2) is 13.9. The maximum Gasteiger partial charge on any atom is 0.166 e. The fourth-order valence-electron chi connectivity index (χ4n) is 4.40. The summed E-state index contributed by atoms with van der Waals surface area (Å²) in [5, 5.41) is 10.6. The minimum absolute atomic E-state index is 0.0919. The molecule has 0 amide bonds. The monoisotopic (exact) mass is 544 g/mol. The van der Waals surface area contributed by atoms with Gasteiger partial charge in [-0.25, -0.2) is 0 Å². The topological polar surface area (TPSA) is 65.0 Å². The average Bonchev–Trinajstić information content (AvgIpc) is 3.02. The Kier molecular flexibility index (Phi) is 9.30. The first-order valence-corrected chi connectivity index (χ1v) is 13.6. The van der Waals surface area contributed by atoms with E-state index in [2.05, 4.69) is 0 Å². The number of phenols is 1. The molecule has 206 valence electrons. The molecule has 0 bridgehead atoms. The number of aryl methyl sites for hydroxylation is 1. The molecule has 0 atom stereocenters. The highest BCUT2D eigenvalue weighted by Crippen LogP contribution is 2.30. The standard InChI is InChI=1S/C36H32O5/c37-34(33-20-19-31(22-35(33)38)39-24-27-10-4-1-5-11-27)21-17-30-16-18-32(40-25-28-12-6-2-7-13-28)23-36(30)41-26-29-14-8-3-9-15-29/h1-16,18-20,22-23,38H,17,21,24-26H2. The lowest BCUT2D eigenvalue weighted by atomic mass is 10.0. The molecule has 0 saturated heterocycles. The van der Waals surface area contributed by atoms with Gasteiger partial charge in [0.25, 0.3) is 0 Å². The van der Waals surface area contributed by atoms with Gasteiger partial charge in [-0.3, -0.25) is 4.79 Å². The van der Waals surface area contributed by atoms with E-state index in [1.165, 1.54) is 6.07 Å². The fraction of sp³-hybridized carbons (Fsp3) is 0.139. The van der Waals surface area contributed by atoms with Crippen LogP contribution in [0.1, 0.15) is 39.0 Å². The second-order valence-corrected chi connectivity index (χ2v) is 9.69. The smallest absolute Gasteiger partial charge is 0.166 e. The first-order chi connectivity index (χ1) is 20.1. The van der Waals surface area contributed by atoms with E-state index in [1.54, 1.807) is 12.1 Å². The van der Waals surface area contributed by atoms with Crippen LogP contribution in [0.25, 0.3) is 0 Å². The molecule has 0 fully saturated rings. The predicted molar refractivity (Wildman–Crippen MR) is 160 cm³/mol. The number of hydrogen-bond acceptors (Lipinski definition) is 5. The number of hydrogen-bond donors (Lipinski definition) is 1. The molecule has 5 aromatic carbocycles. The van der Waals surface area contributed by atoms with Crippen LogP contribution in [0.3, 0.4) is 0 Å². The molecule has 0 spiro atoms. The third-order valence-corrected chi connectivity index (χ3v) is 6.66. The zero-order valence-corrected chi connectivity index (χ0v) is 22.7. The first-order valence-electron chi connectivity index (χ1n) is 13.6. The molecule has 0 aliphatic heterocycles. The van der Waals surface area contributed by atoms with Crippen molar-refractivity contribution < 1.29 is 24.1 Å². The quantitative estimate of drug-likeness (QED) is 0.152. The summed E-state index contributed by atoms with van der Waals surface area (Å²) in [6, 6.07) is 40.2. The van der Waals surface area contributed by atoms with Crippen molar-refractivity contribution >= 4 is 5.78 Å². The molecule has 5 nitrogen and oxygen atoms in total. The maximum absolute atomic E-state index is 13.1. The van der Waals surface area contributed by atoms with Gasteiger partial charge in [0.2, 0.25) is 0 Å². The summed E-state index contributed by atoms with van der Waals surface area (Å²) in [4.78, 5) is 13.1. The van der Waals surface area contributed by atoms with Crippen LogP contribution >= 0.6 is 0 Å². The van der Waals surface area contributed by atoms with Crippen molar-refractivity contribution in [3.8, 4) is 23.0 Å². The Balaban J connectivity index is 1.24. The second-order valence-electron chi connectivity index (χ2n) is 9.69. The van der Waals surface area contributed by atoms with Crippen LogP contribution < -0.4 is 14.2 Å². The number of ether oxygens (including phenoxy) is 3. The number of carbonyl (C=O) groups excluding carboxylic acids is 1. The Hall–Kier alpha value is -5.03. The van der Waals surface area contributed by atoms with Crippen molar-refractivity contribution in [2.75, 3.05) is 0 Å². The fourth-order valence-corrected chi connectivity index (χ4v) is 4.40. The molecule has 5 heteroatoms. The van der Waals surface area contributed by atoms with Gasteiger partial charge in [-0.15, -0.1) is 0 Å². The van der Waals surface area contributed by atoms with Gasteiger partial charge in [0.15, 0.2) is 5.78 Å². The highest BCUT2D eigenvalue weighted by molar-refractivity contribution is 5.98. The average molecular weight is 545 g/mol. The summed E-state index contributed by atoms with van der Waals surface area (Å²) in [5.74, 6) is 1.61. The van der Waals surface area contributed by atoms with Gasteiger partial charge >= 0.3 is 0 Å². The molecular formula is C36H32O5. The Morgan fingerprint density at radius 1 is 0.561 bits per heavy atom.